The van der Waals surface area contributed by atoms with Crippen LogP contribution >= 0.6 is 11.6 Å². The van der Waals surface area contributed by atoms with Crippen molar-refractivity contribution in [3.8, 4) is 5.75 Å². The summed E-state index contributed by atoms with van der Waals surface area (Å²) in [5.74, 6) is -2.91. The van der Waals surface area contributed by atoms with Crippen molar-refractivity contribution in [2.75, 3.05) is 31.6 Å². The minimum absolute atomic E-state index is 0.104. The first kappa shape index (κ1) is 31.5. The fraction of sp³-hybridized carbons (Fsp3) is 0.417. The lowest BCUT2D eigenvalue weighted by Gasteiger charge is -2.30. The average molecular weight is 547 g/mol. The van der Waals surface area contributed by atoms with Crippen molar-refractivity contribution in [1.82, 2.24) is 9.88 Å². The molecule has 0 aliphatic carbocycles. The van der Waals surface area contributed by atoms with E-state index in [9.17, 15) is 22.8 Å². The summed E-state index contributed by atoms with van der Waals surface area (Å²) in [6.07, 6.45) is -1.56. The molecule has 0 bridgehead atoms. The van der Waals surface area contributed by atoms with Gasteiger partial charge < -0.3 is 25.8 Å². The predicted molar refractivity (Wildman–Crippen MR) is 133 cm³/mol. The number of hydrogen-bond donors (Lipinski definition) is 3. The SMILES string of the molecule is CC(C)(C)CN(CCC(N)=O)C(=O)c1cc(Cl)cc(OCCNc2ccncc2)c1.O=C(O)C(F)(F)F. The van der Waals surface area contributed by atoms with E-state index in [0.717, 1.165) is 5.69 Å². The highest BCUT2D eigenvalue weighted by Gasteiger charge is 2.38. The number of ether oxygens (including phenoxy) is 1. The zero-order chi connectivity index (χ0) is 28.2. The molecule has 0 fully saturated rings. The Kier molecular flexibility index (Phi) is 12.1. The fourth-order valence-corrected chi connectivity index (χ4v) is 3.08. The van der Waals surface area contributed by atoms with E-state index in [2.05, 4.69) is 10.3 Å². The van der Waals surface area contributed by atoms with Crippen LogP contribution in [-0.4, -0.2) is 65.2 Å². The van der Waals surface area contributed by atoms with Gasteiger partial charge in [-0.25, -0.2) is 4.79 Å². The van der Waals surface area contributed by atoms with Gasteiger partial charge in [-0.1, -0.05) is 32.4 Å². The molecule has 1 aromatic heterocycles. The molecule has 0 aliphatic rings. The standard InChI is InChI=1S/C22H29ClN4O3.C2HF3O2/c1-22(2,3)15-27(10-6-20(24)28)21(29)16-12-17(23)14-19(13-16)30-11-9-26-18-4-7-25-8-5-18;3-2(4,5)1(6)7/h4-5,7-8,12-14H,6,9-11,15H2,1-3H3,(H2,24,28)(H,25,26);(H,6,7). The summed E-state index contributed by atoms with van der Waals surface area (Å²) in [5, 5.41) is 10.8. The van der Waals surface area contributed by atoms with Crippen molar-refractivity contribution in [2.45, 2.75) is 33.4 Å². The second-order valence-electron chi connectivity index (χ2n) is 8.99. The van der Waals surface area contributed by atoms with Gasteiger partial charge in [0.1, 0.15) is 12.4 Å². The summed E-state index contributed by atoms with van der Waals surface area (Å²) >= 11 is 6.22. The van der Waals surface area contributed by atoms with Gasteiger partial charge in [0, 0.05) is 54.7 Å². The molecule has 1 aromatic carbocycles. The molecule has 1 heterocycles. The molecule has 204 valence electrons. The zero-order valence-corrected chi connectivity index (χ0v) is 21.4. The molecule has 9 nitrogen and oxygen atoms in total. The maximum atomic E-state index is 13.1. The van der Waals surface area contributed by atoms with Crippen molar-refractivity contribution < 1.29 is 37.4 Å². The van der Waals surface area contributed by atoms with Crippen LogP contribution in [0.5, 0.6) is 5.75 Å². The average Bonchev–Trinajstić information content (AvgIpc) is 2.78. The maximum absolute atomic E-state index is 13.1. The highest BCUT2D eigenvalue weighted by Crippen LogP contribution is 2.24. The number of hydrogen-bond acceptors (Lipinski definition) is 6. The van der Waals surface area contributed by atoms with Crippen molar-refractivity contribution in [2.24, 2.45) is 11.1 Å². The first-order chi connectivity index (χ1) is 17.1. The lowest BCUT2D eigenvalue weighted by Crippen LogP contribution is -2.39. The molecule has 0 unspecified atom stereocenters. The smallest absolute Gasteiger partial charge is 0.490 e. The number of benzene rings is 1. The number of nitrogens with zero attached hydrogens (tertiary/aromatic N) is 2. The third-order valence-electron chi connectivity index (χ3n) is 4.32. The zero-order valence-electron chi connectivity index (χ0n) is 20.6. The minimum Gasteiger partial charge on any atom is -0.492 e. The number of nitrogens with two attached hydrogens (primary N) is 1. The van der Waals surface area contributed by atoms with E-state index >= 15 is 0 Å². The van der Waals surface area contributed by atoms with E-state index in [1.54, 1.807) is 35.5 Å². The minimum atomic E-state index is -5.08. The summed E-state index contributed by atoms with van der Waals surface area (Å²) in [7, 11) is 0. The largest absolute Gasteiger partial charge is 0.492 e. The molecule has 2 rings (SSSR count). The number of nitrogens with one attached hydrogen (secondary N) is 1. The van der Waals surface area contributed by atoms with Gasteiger partial charge in [-0.2, -0.15) is 13.2 Å². The number of aromatic nitrogens is 1. The van der Waals surface area contributed by atoms with Crippen LogP contribution in [0.1, 0.15) is 37.6 Å². The number of pyridine rings is 1. The lowest BCUT2D eigenvalue weighted by atomic mass is 9.95. The molecule has 4 N–H and O–H groups in total. The topological polar surface area (TPSA) is 135 Å². The van der Waals surface area contributed by atoms with E-state index in [1.807, 2.05) is 32.9 Å². The van der Waals surface area contributed by atoms with Crippen molar-refractivity contribution in [3.63, 3.8) is 0 Å². The normalized spacial score (nSPS) is 11.1. The Morgan fingerprint density at radius 1 is 1.14 bits per heavy atom. The maximum Gasteiger partial charge on any atom is 0.490 e. The molecule has 0 atom stereocenters. The Morgan fingerprint density at radius 2 is 1.73 bits per heavy atom. The Labute approximate surface area is 217 Å². The highest BCUT2D eigenvalue weighted by atomic mass is 35.5. The van der Waals surface area contributed by atoms with Crippen LogP contribution in [0.4, 0.5) is 18.9 Å². The molecule has 0 radical (unpaired) electrons. The third kappa shape index (κ3) is 13.4. The Balaban J connectivity index is 0.000000856. The molecule has 0 aliphatic heterocycles. The monoisotopic (exact) mass is 546 g/mol. The van der Waals surface area contributed by atoms with Gasteiger partial charge >= 0.3 is 12.1 Å². The van der Waals surface area contributed by atoms with Crippen LogP contribution in [0.3, 0.4) is 0 Å². The van der Waals surface area contributed by atoms with E-state index < -0.39 is 18.1 Å². The molecule has 0 saturated carbocycles. The summed E-state index contributed by atoms with van der Waals surface area (Å²) in [6.45, 7) is 7.79. The van der Waals surface area contributed by atoms with Gasteiger partial charge in [0.2, 0.25) is 5.91 Å². The molecule has 13 heteroatoms. The number of alkyl halides is 3. The van der Waals surface area contributed by atoms with Crippen LogP contribution in [0.25, 0.3) is 0 Å². The van der Waals surface area contributed by atoms with Crippen LogP contribution in [0.2, 0.25) is 5.02 Å². The predicted octanol–water partition coefficient (Wildman–Crippen LogP) is 4.22. The van der Waals surface area contributed by atoms with E-state index in [1.165, 1.54) is 0 Å². The molecule has 37 heavy (non-hydrogen) atoms. The first-order valence-corrected chi connectivity index (χ1v) is 11.4. The van der Waals surface area contributed by atoms with Crippen molar-refractivity contribution in [3.05, 3.63) is 53.3 Å². The second-order valence-corrected chi connectivity index (χ2v) is 9.43. The van der Waals surface area contributed by atoms with Gasteiger partial charge in [-0.05, 0) is 35.7 Å². The summed E-state index contributed by atoms with van der Waals surface area (Å²) in [4.78, 5) is 38.8. The number of carboxylic acid groups (broad SMARTS) is 1. The Morgan fingerprint density at radius 3 is 2.24 bits per heavy atom. The molecular formula is C24H30ClF3N4O5. The molecule has 0 saturated heterocycles. The second kappa shape index (κ2) is 14.3. The summed E-state index contributed by atoms with van der Waals surface area (Å²) < 4.78 is 37.5. The summed E-state index contributed by atoms with van der Waals surface area (Å²) in [6, 6.07) is 8.67. The van der Waals surface area contributed by atoms with Gasteiger partial charge in [0.25, 0.3) is 5.91 Å². The number of anilines is 1. The van der Waals surface area contributed by atoms with Gasteiger partial charge in [-0.3, -0.25) is 14.6 Å². The van der Waals surface area contributed by atoms with Crippen molar-refractivity contribution in [1.29, 1.82) is 0 Å². The van der Waals surface area contributed by atoms with Crippen LogP contribution in [0, 0.1) is 5.41 Å². The molecule has 0 spiro atoms. The Bertz CT molecular complexity index is 1050. The van der Waals surface area contributed by atoms with Gasteiger partial charge in [-0.15, -0.1) is 0 Å². The Hall–Kier alpha value is -3.54. The van der Waals surface area contributed by atoms with Crippen molar-refractivity contribution >= 4 is 35.1 Å². The molecule has 2 aromatic rings. The number of rotatable bonds is 10. The number of carbonyl (C=O) groups is 3. The third-order valence-corrected chi connectivity index (χ3v) is 4.54. The number of primary amides is 1. The van der Waals surface area contributed by atoms with Crippen LogP contribution in [-0.2, 0) is 9.59 Å². The highest BCUT2D eigenvalue weighted by molar-refractivity contribution is 6.31. The first-order valence-electron chi connectivity index (χ1n) is 11.0. The van der Waals surface area contributed by atoms with Crippen LogP contribution in [0.15, 0.2) is 42.7 Å². The number of halogens is 4. The van der Waals surface area contributed by atoms with Gasteiger partial charge in [0.15, 0.2) is 0 Å². The van der Waals surface area contributed by atoms with E-state index in [-0.39, 0.29) is 24.3 Å². The van der Waals surface area contributed by atoms with E-state index in [4.69, 9.17) is 32.0 Å². The summed E-state index contributed by atoms with van der Waals surface area (Å²) in [5.41, 5.74) is 6.50. The number of aliphatic carboxylic acids is 1. The van der Waals surface area contributed by atoms with Gasteiger partial charge in [0.05, 0.1) is 0 Å². The molecule has 2 amide bonds. The number of amides is 2. The molecular weight excluding hydrogens is 517 g/mol. The quantitative estimate of drug-likeness (QED) is 0.380. The van der Waals surface area contributed by atoms with Crippen LogP contribution < -0.4 is 15.8 Å². The number of carbonyl (C=O) groups excluding carboxylic acids is 2. The lowest BCUT2D eigenvalue weighted by molar-refractivity contribution is -0.192. The fourth-order valence-electron chi connectivity index (χ4n) is 2.86. The number of carboxylic acids is 1. The van der Waals surface area contributed by atoms with E-state index in [0.29, 0.717) is 36.0 Å².